The Hall–Kier alpha value is -1.42. The SMILES string of the molecule is Cn1nccc1CCC(=O)C1C=CC(N)C1. The highest BCUT2D eigenvalue weighted by molar-refractivity contribution is 5.83. The molecule has 1 aromatic heterocycles. The fourth-order valence-electron chi connectivity index (χ4n) is 2.05. The van der Waals surface area contributed by atoms with Crippen molar-refractivity contribution in [2.24, 2.45) is 18.7 Å². The van der Waals surface area contributed by atoms with Gasteiger partial charge in [-0.05, 0) is 18.9 Å². The first-order valence-corrected chi connectivity index (χ1v) is 5.60. The zero-order valence-electron chi connectivity index (χ0n) is 9.47. The number of Topliss-reactive ketones (excluding diaryl/α,β-unsaturated/α-hetero) is 1. The number of carbonyl (C=O) groups excluding carboxylic acids is 1. The molecular formula is C12H17N3O. The van der Waals surface area contributed by atoms with Crippen LogP contribution in [0.5, 0.6) is 0 Å². The van der Waals surface area contributed by atoms with Crippen LogP contribution in [0, 0.1) is 5.92 Å². The lowest BCUT2D eigenvalue weighted by molar-refractivity contribution is -0.121. The lowest BCUT2D eigenvalue weighted by Crippen LogP contribution is -2.19. The van der Waals surface area contributed by atoms with Crippen LogP contribution < -0.4 is 5.73 Å². The van der Waals surface area contributed by atoms with Gasteiger partial charge in [0.1, 0.15) is 5.78 Å². The molecule has 0 saturated carbocycles. The van der Waals surface area contributed by atoms with Gasteiger partial charge in [0.2, 0.25) is 0 Å². The molecule has 1 aromatic rings. The maximum Gasteiger partial charge on any atom is 0.140 e. The fraction of sp³-hybridized carbons (Fsp3) is 0.500. The topological polar surface area (TPSA) is 60.9 Å². The highest BCUT2D eigenvalue weighted by atomic mass is 16.1. The molecule has 2 atom stereocenters. The van der Waals surface area contributed by atoms with Gasteiger partial charge >= 0.3 is 0 Å². The largest absolute Gasteiger partial charge is 0.324 e. The van der Waals surface area contributed by atoms with E-state index in [0.717, 1.165) is 18.5 Å². The standard InChI is InChI=1S/C12H17N3O/c1-15-11(6-7-14-15)4-5-12(16)9-2-3-10(13)8-9/h2-3,6-7,9-10H,4-5,8,13H2,1H3. The van der Waals surface area contributed by atoms with Gasteiger partial charge in [-0.1, -0.05) is 12.2 Å². The molecule has 1 aliphatic carbocycles. The van der Waals surface area contributed by atoms with Crippen molar-refractivity contribution < 1.29 is 4.79 Å². The second-order valence-corrected chi connectivity index (χ2v) is 4.30. The maximum atomic E-state index is 11.9. The molecule has 16 heavy (non-hydrogen) atoms. The number of carbonyl (C=O) groups is 1. The summed E-state index contributed by atoms with van der Waals surface area (Å²) >= 11 is 0. The Labute approximate surface area is 95.1 Å². The van der Waals surface area contributed by atoms with Gasteiger partial charge in [0.05, 0.1) is 0 Å². The maximum absolute atomic E-state index is 11.9. The average Bonchev–Trinajstić information content (AvgIpc) is 2.84. The quantitative estimate of drug-likeness (QED) is 0.763. The fourth-order valence-corrected chi connectivity index (χ4v) is 2.05. The summed E-state index contributed by atoms with van der Waals surface area (Å²) in [6, 6.07) is 2.01. The predicted octanol–water partition coefficient (Wildman–Crippen LogP) is 0.825. The van der Waals surface area contributed by atoms with Crippen LogP contribution in [0.25, 0.3) is 0 Å². The Morgan fingerprint density at radius 1 is 1.62 bits per heavy atom. The minimum Gasteiger partial charge on any atom is -0.324 e. The van der Waals surface area contributed by atoms with Crippen molar-refractivity contribution in [1.29, 1.82) is 0 Å². The van der Waals surface area contributed by atoms with Gasteiger partial charge in [0, 0.05) is 37.3 Å². The summed E-state index contributed by atoms with van der Waals surface area (Å²) in [6.07, 6.45) is 7.72. The van der Waals surface area contributed by atoms with Gasteiger partial charge < -0.3 is 5.73 Å². The first-order valence-electron chi connectivity index (χ1n) is 5.60. The van der Waals surface area contributed by atoms with Gasteiger partial charge in [-0.2, -0.15) is 5.10 Å². The third-order valence-electron chi connectivity index (χ3n) is 3.08. The Balaban J connectivity index is 1.85. The molecule has 0 fully saturated rings. The Morgan fingerprint density at radius 2 is 2.44 bits per heavy atom. The third kappa shape index (κ3) is 2.39. The summed E-state index contributed by atoms with van der Waals surface area (Å²) < 4.78 is 1.81. The van der Waals surface area contributed by atoms with Crippen LogP contribution in [0.2, 0.25) is 0 Å². The molecular weight excluding hydrogens is 202 g/mol. The van der Waals surface area contributed by atoms with E-state index in [1.807, 2.05) is 29.9 Å². The van der Waals surface area contributed by atoms with Crippen LogP contribution in [-0.2, 0) is 18.3 Å². The average molecular weight is 219 g/mol. The van der Waals surface area contributed by atoms with E-state index in [-0.39, 0.29) is 17.7 Å². The van der Waals surface area contributed by atoms with Crippen molar-refractivity contribution in [2.45, 2.75) is 25.3 Å². The normalized spacial score (nSPS) is 23.9. The molecule has 0 aromatic carbocycles. The van der Waals surface area contributed by atoms with Crippen molar-refractivity contribution in [2.75, 3.05) is 0 Å². The van der Waals surface area contributed by atoms with Crippen LogP contribution in [0.15, 0.2) is 24.4 Å². The lowest BCUT2D eigenvalue weighted by Gasteiger charge is -2.08. The van der Waals surface area contributed by atoms with E-state index in [9.17, 15) is 4.79 Å². The number of hydrogen-bond donors (Lipinski definition) is 1. The van der Waals surface area contributed by atoms with Gasteiger partial charge in [-0.25, -0.2) is 0 Å². The zero-order valence-corrected chi connectivity index (χ0v) is 9.47. The molecule has 0 saturated heterocycles. The summed E-state index contributed by atoms with van der Waals surface area (Å²) in [5.74, 6) is 0.314. The van der Waals surface area contributed by atoms with Crippen LogP contribution >= 0.6 is 0 Å². The number of allylic oxidation sites excluding steroid dienone is 1. The van der Waals surface area contributed by atoms with E-state index in [2.05, 4.69) is 5.10 Å². The van der Waals surface area contributed by atoms with E-state index < -0.39 is 0 Å². The molecule has 2 rings (SSSR count). The molecule has 0 radical (unpaired) electrons. The summed E-state index contributed by atoms with van der Waals surface area (Å²) in [5.41, 5.74) is 6.82. The smallest absolute Gasteiger partial charge is 0.140 e. The molecule has 0 spiro atoms. The molecule has 1 heterocycles. The number of ketones is 1. The molecule has 2 N–H and O–H groups in total. The van der Waals surface area contributed by atoms with Gasteiger partial charge in [-0.3, -0.25) is 9.48 Å². The molecule has 86 valence electrons. The van der Waals surface area contributed by atoms with E-state index in [4.69, 9.17) is 5.73 Å². The number of aromatic nitrogens is 2. The number of hydrogen-bond acceptors (Lipinski definition) is 3. The van der Waals surface area contributed by atoms with Crippen molar-refractivity contribution in [3.8, 4) is 0 Å². The molecule has 2 unspecified atom stereocenters. The Kier molecular flexibility index (Phi) is 3.19. The van der Waals surface area contributed by atoms with Crippen molar-refractivity contribution in [3.63, 3.8) is 0 Å². The molecule has 4 nitrogen and oxygen atoms in total. The van der Waals surface area contributed by atoms with Crippen molar-refractivity contribution in [3.05, 3.63) is 30.1 Å². The van der Waals surface area contributed by atoms with Crippen molar-refractivity contribution in [1.82, 2.24) is 9.78 Å². The second-order valence-electron chi connectivity index (χ2n) is 4.30. The summed E-state index contributed by atoms with van der Waals surface area (Å²) in [5, 5.41) is 4.08. The number of aryl methyl sites for hydroxylation is 2. The highest BCUT2D eigenvalue weighted by Crippen LogP contribution is 2.19. The first kappa shape index (κ1) is 11.1. The van der Waals surface area contributed by atoms with E-state index in [0.29, 0.717) is 6.42 Å². The molecule has 0 bridgehead atoms. The van der Waals surface area contributed by atoms with Crippen LogP contribution in [0.3, 0.4) is 0 Å². The van der Waals surface area contributed by atoms with Gasteiger partial charge in [-0.15, -0.1) is 0 Å². The number of nitrogens with two attached hydrogens (primary N) is 1. The van der Waals surface area contributed by atoms with E-state index in [1.165, 1.54) is 0 Å². The second kappa shape index (κ2) is 4.61. The monoisotopic (exact) mass is 219 g/mol. The zero-order chi connectivity index (χ0) is 11.5. The predicted molar refractivity (Wildman–Crippen MR) is 61.8 cm³/mol. The first-order chi connectivity index (χ1) is 7.66. The highest BCUT2D eigenvalue weighted by Gasteiger charge is 2.22. The molecule has 1 aliphatic rings. The van der Waals surface area contributed by atoms with Gasteiger partial charge in [0.15, 0.2) is 0 Å². The minimum absolute atomic E-state index is 0.0308. The third-order valence-corrected chi connectivity index (χ3v) is 3.08. The van der Waals surface area contributed by atoms with Crippen molar-refractivity contribution >= 4 is 5.78 Å². The number of rotatable bonds is 4. The van der Waals surface area contributed by atoms with E-state index >= 15 is 0 Å². The molecule has 0 amide bonds. The summed E-state index contributed by atoms with van der Waals surface area (Å²) in [7, 11) is 1.89. The number of nitrogens with zero attached hydrogens (tertiary/aromatic N) is 2. The van der Waals surface area contributed by atoms with Gasteiger partial charge in [0.25, 0.3) is 0 Å². The summed E-state index contributed by atoms with van der Waals surface area (Å²) in [4.78, 5) is 11.9. The Bertz CT molecular complexity index is 408. The molecule has 4 heteroatoms. The van der Waals surface area contributed by atoms with Crippen LogP contribution in [-0.4, -0.2) is 21.6 Å². The van der Waals surface area contributed by atoms with E-state index in [1.54, 1.807) is 6.20 Å². The Morgan fingerprint density at radius 3 is 3.00 bits per heavy atom. The van der Waals surface area contributed by atoms with Crippen LogP contribution in [0.4, 0.5) is 0 Å². The molecule has 0 aliphatic heterocycles. The minimum atomic E-state index is 0.0308. The van der Waals surface area contributed by atoms with Crippen LogP contribution in [0.1, 0.15) is 18.5 Å². The summed E-state index contributed by atoms with van der Waals surface area (Å²) in [6.45, 7) is 0. The lowest BCUT2D eigenvalue weighted by atomic mass is 9.98.